The lowest BCUT2D eigenvalue weighted by Crippen LogP contribution is -2.11. The molecule has 1 heterocycles. The summed E-state index contributed by atoms with van der Waals surface area (Å²) in [5.74, 6) is 2.01. The fourth-order valence-electron chi connectivity index (χ4n) is 2.54. The van der Waals surface area contributed by atoms with Crippen LogP contribution in [-0.2, 0) is 6.42 Å². The summed E-state index contributed by atoms with van der Waals surface area (Å²) in [6.07, 6.45) is 4.28. The molecule has 124 valence electrons. The summed E-state index contributed by atoms with van der Waals surface area (Å²) in [6, 6.07) is 8.06. The lowest BCUT2D eigenvalue weighted by atomic mass is 10.0. The van der Waals surface area contributed by atoms with Crippen molar-refractivity contribution in [3.63, 3.8) is 0 Å². The molecular weight excluding hydrogens is 288 g/mol. The van der Waals surface area contributed by atoms with Gasteiger partial charge in [-0.3, -0.25) is 0 Å². The van der Waals surface area contributed by atoms with Gasteiger partial charge >= 0.3 is 0 Å². The molecular formula is C18H26N4O. The van der Waals surface area contributed by atoms with E-state index in [9.17, 15) is 0 Å². The van der Waals surface area contributed by atoms with Gasteiger partial charge in [-0.1, -0.05) is 31.9 Å². The van der Waals surface area contributed by atoms with Crippen LogP contribution in [0.25, 0.3) is 0 Å². The molecule has 5 heteroatoms. The van der Waals surface area contributed by atoms with Crippen LogP contribution in [0.3, 0.4) is 0 Å². The summed E-state index contributed by atoms with van der Waals surface area (Å²) in [4.78, 5) is 8.71. The van der Waals surface area contributed by atoms with E-state index in [1.165, 1.54) is 12.8 Å². The number of hydrogen-bond donors (Lipinski definition) is 2. The van der Waals surface area contributed by atoms with E-state index in [0.717, 1.165) is 47.8 Å². The van der Waals surface area contributed by atoms with Gasteiger partial charge in [0.15, 0.2) is 0 Å². The first-order valence-corrected chi connectivity index (χ1v) is 8.13. The minimum atomic E-state index is 0.315. The molecule has 0 atom stereocenters. The maximum atomic E-state index is 5.82. The normalized spacial score (nSPS) is 10.6. The quantitative estimate of drug-likeness (QED) is 0.729. The third kappa shape index (κ3) is 4.84. The number of nitrogens with one attached hydrogen (secondary N) is 1. The van der Waals surface area contributed by atoms with Gasteiger partial charge in [0.2, 0.25) is 5.95 Å². The highest BCUT2D eigenvalue weighted by atomic mass is 16.5. The van der Waals surface area contributed by atoms with Crippen LogP contribution in [0, 0.1) is 6.92 Å². The van der Waals surface area contributed by atoms with Gasteiger partial charge in [0, 0.05) is 24.2 Å². The van der Waals surface area contributed by atoms with Gasteiger partial charge in [-0.15, -0.1) is 0 Å². The van der Waals surface area contributed by atoms with Crippen LogP contribution in [0.1, 0.15) is 43.0 Å². The van der Waals surface area contributed by atoms with Crippen LogP contribution in [-0.4, -0.2) is 23.6 Å². The number of aryl methyl sites for hydroxylation is 1. The molecule has 0 unspecified atom stereocenters. The highest BCUT2D eigenvalue weighted by molar-refractivity contribution is 5.51. The van der Waals surface area contributed by atoms with Gasteiger partial charge < -0.3 is 15.8 Å². The van der Waals surface area contributed by atoms with E-state index in [0.29, 0.717) is 5.95 Å². The molecule has 0 aliphatic heterocycles. The Labute approximate surface area is 138 Å². The molecule has 5 nitrogen and oxygen atoms in total. The molecule has 0 spiro atoms. The largest absolute Gasteiger partial charge is 0.497 e. The number of benzene rings is 1. The van der Waals surface area contributed by atoms with Crippen molar-refractivity contribution in [2.24, 2.45) is 0 Å². The van der Waals surface area contributed by atoms with Gasteiger partial charge in [-0.25, -0.2) is 4.98 Å². The molecule has 0 saturated carbocycles. The van der Waals surface area contributed by atoms with E-state index in [1.54, 1.807) is 7.11 Å². The fourth-order valence-corrected chi connectivity index (χ4v) is 2.54. The zero-order valence-corrected chi connectivity index (χ0v) is 14.2. The number of methoxy groups -OCH3 is 1. The molecule has 0 aliphatic carbocycles. The van der Waals surface area contributed by atoms with Gasteiger partial charge in [0.05, 0.1) is 7.11 Å². The number of rotatable bonds is 8. The molecule has 0 amide bonds. The molecule has 0 saturated heterocycles. The molecule has 0 aliphatic rings. The minimum Gasteiger partial charge on any atom is -0.497 e. The summed E-state index contributed by atoms with van der Waals surface area (Å²) in [5.41, 5.74) is 8.98. The molecule has 1 aromatic carbocycles. The topological polar surface area (TPSA) is 73.1 Å². The van der Waals surface area contributed by atoms with Gasteiger partial charge in [-0.2, -0.15) is 4.98 Å². The zero-order chi connectivity index (χ0) is 16.7. The van der Waals surface area contributed by atoms with E-state index in [1.807, 2.05) is 25.1 Å². The number of ether oxygens (including phenoxy) is 1. The minimum absolute atomic E-state index is 0.315. The highest BCUT2D eigenvalue weighted by Gasteiger charge is 2.11. The summed E-state index contributed by atoms with van der Waals surface area (Å²) in [6.45, 7) is 5.07. The van der Waals surface area contributed by atoms with Crippen molar-refractivity contribution in [2.45, 2.75) is 39.5 Å². The van der Waals surface area contributed by atoms with Gasteiger partial charge in [0.1, 0.15) is 11.6 Å². The summed E-state index contributed by atoms with van der Waals surface area (Å²) in [7, 11) is 1.68. The second-order valence-electron chi connectivity index (χ2n) is 5.66. The Morgan fingerprint density at radius 3 is 2.78 bits per heavy atom. The first-order valence-electron chi connectivity index (χ1n) is 8.13. The van der Waals surface area contributed by atoms with Crippen LogP contribution < -0.4 is 15.8 Å². The Hall–Kier alpha value is -2.30. The molecule has 2 rings (SSSR count). The second kappa shape index (κ2) is 8.36. The molecule has 0 fully saturated rings. The third-order valence-electron chi connectivity index (χ3n) is 3.82. The third-order valence-corrected chi connectivity index (χ3v) is 3.82. The summed E-state index contributed by atoms with van der Waals surface area (Å²) < 4.78 is 5.30. The fraction of sp³-hybridized carbons (Fsp3) is 0.444. The number of nitrogen functional groups attached to an aromatic ring is 1. The van der Waals surface area contributed by atoms with Crippen molar-refractivity contribution in [3.8, 4) is 5.75 Å². The maximum absolute atomic E-state index is 5.82. The summed E-state index contributed by atoms with van der Waals surface area (Å²) in [5, 5.41) is 3.42. The van der Waals surface area contributed by atoms with Crippen molar-refractivity contribution >= 4 is 11.8 Å². The number of unbranched alkanes of at least 4 members (excludes halogenated alkanes) is 2. The zero-order valence-electron chi connectivity index (χ0n) is 14.2. The Morgan fingerprint density at radius 2 is 2.04 bits per heavy atom. The van der Waals surface area contributed by atoms with Gasteiger partial charge in [0.25, 0.3) is 0 Å². The SMILES string of the molecule is CCCCCNc1nc(N)nc(C)c1Cc1cccc(OC)c1. The van der Waals surface area contributed by atoms with E-state index in [4.69, 9.17) is 10.5 Å². The van der Waals surface area contributed by atoms with Crippen LogP contribution in [0.5, 0.6) is 5.75 Å². The summed E-state index contributed by atoms with van der Waals surface area (Å²) >= 11 is 0. The molecule has 2 aromatic rings. The van der Waals surface area contributed by atoms with Crippen LogP contribution in [0.4, 0.5) is 11.8 Å². The van der Waals surface area contributed by atoms with Crippen molar-refractivity contribution in [1.29, 1.82) is 0 Å². The Morgan fingerprint density at radius 1 is 1.22 bits per heavy atom. The monoisotopic (exact) mass is 314 g/mol. The van der Waals surface area contributed by atoms with Crippen molar-refractivity contribution in [1.82, 2.24) is 9.97 Å². The Balaban J connectivity index is 2.21. The van der Waals surface area contributed by atoms with E-state index < -0.39 is 0 Å². The highest BCUT2D eigenvalue weighted by Crippen LogP contribution is 2.23. The van der Waals surface area contributed by atoms with Crippen molar-refractivity contribution in [3.05, 3.63) is 41.1 Å². The van der Waals surface area contributed by atoms with Crippen LogP contribution in [0.2, 0.25) is 0 Å². The van der Waals surface area contributed by atoms with Crippen LogP contribution in [0.15, 0.2) is 24.3 Å². The predicted molar refractivity (Wildman–Crippen MR) is 95.0 cm³/mol. The van der Waals surface area contributed by atoms with E-state index in [-0.39, 0.29) is 0 Å². The Bertz CT molecular complexity index is 643. The van der Waals surface area contributed by atoms with Crippen LogP contribution >= 0.6 is 0 Å². The number of anilines is 2. The average Bonchev–Trinajstić information content (AvgIpc) is 2.54. The lowest BCUT2D eigenvalue weighted by molar-refractivity contribution is 0.414. The van der Waals surface area contributed by atoms with E-state index >= 15 is 0 Å². The van der Waals surface area contributed by atoms with Gasteiger partial charge in [-0.05, 0) is 31.0 Å². The molecule has 0 radical (unpaired) electrons. The number of aromatic nitrogens is 2. The number of hydrogen-bond acceptors (Lipinski definition) is 5. The van der Waals surface area contributed by atoms with Crippen molar-refractivity contribution in [2.75, 3.05) is 24.7 Å². The molecule has 0 bridgehead atoms. The molecule has 3 N–H and O–H groups in total. The molecule has 23 heavy (non-hydrogen) atoms. The van der Waals surface area contributed by atoms with E-state index in [2.05, 4.69) is 28.3 Å². The standard InChI is InChI=1S/C18H26N4O/c1-4-5-6-10-20-17-16(13(2)21-18(19)22-17)12-14-8-7-9-15(11-14)23-3/h7-9,11H,4-6,10,12H2,1-3H3,(H3,19,20,21,22). The number of nitrogens with two attached hydrogens (primary N) is 1. The lowest BCUT2D eigenvalue weighted by Gasteiger charge is -2.14. The maximum Gasteiger partial charge on any atom is 0.222 e. The first-order chi connectivity index (χ1) is 11.1. The Kier molecular flexibility index (Phi) is 6.20. The first kappa shape index (κ1) is 17.1. The molecule has 1 aromatic heterocycles. The number of nitrogens with zero attached hydrogens (tertiary/aromatic N) is 2. The average molecular weight is 314 g/mol. The van der Waals surface area contributed by atoms with Crippen molar-refractivity contribution < 1.29 is 4.74 Å². The smallest absolute Gasteiger partial charge is 0.222 e. The second-order valence-corrected chi connectivity index (χ2v) is 5.66. The predicted octanol–water partition coefficient (Wildman–Crippen LogP) is 3.57.